The van der Waals surface area contributed by atoms with Gasteiger partial charge >= 0.3 is 0 Å². The summed E-state index contributed by atoms with van der Waals surface area (Å²) in [6.45, 7) is 11.2. The second-order valence-corrected chi connectivity index (χ2v) is 6.82. The molecule has 0 spiro atoms. The zero-order valence-electron chi connectivity index (χ0n) is 11.8. The molecule has 1 atom stereocenters. The Balaban J connectivity index is 2.35. The molecule has 1 fully saturated rings. The first-order valence-electron chi connectivity index (χ1n) is 6.67. The van der Waals surface area contributed by atoms with Crippen molar-refractivity contribution < 1.29 is 0 Å². The van der Waals surface area contributed by atoms with Crippen molar-refractivity contribution >= 4 is 21.6 Å². The summed E-state index contributed by atoms with van der Waals surface area (Å²) in [5, 5.41) is 3.57. The minimum absolute atomic E-state index is 0.201. The Hall–Kier alpha value is -0.540. The fraction of sp³-hybridized carbons (Fsp3) is 0.600. The third-order valence-electron chi connectivity index (χ3n) is 3.88. The van der Waals surface area contributed by atoms with Gasteiger partial charge in [0, 0.05) is 28.3 Å². The lowest BCUT2D eigenvalue weighted by Crippen LogP contribution is -2.46. The fourth-order valence-electron chi connectivity index (χ4n) is 2.55. The van der Waals surface area contributed by atoms with E-state index in [-0.39, 0.29) is 5.54 Å². The van der Waals surface area contributed by atoms with E-state index in [1.54, 1.807) is 0 Å². The molecule has 0 radical (unpaired) electrons. The molecule has 1 heterocycles. The van der Waals surface area contributed by atoms with Crippen LogP contribution in [0.4, 0.5) is 5.69 Å². The van der Waals surface area contributed by atoms with E-state index < -0.39 is 0 Å². The van der Waals surface area contributed by atoms with Gasteiger partial charge in [0.1, 0.15) is 0 Å². The van der Waals surface area contributed by atoms with E-state index in [0.29, 0.717) is 6.04 Å². The molecule has 2 nitrogen and oxygen atoms in total. The average Bonchev–Trinajstić information content (AvgIpc) is 2.41. The van der Waals surface area contributed by atoms with Crippen LogP contribution < -0.4 is 10.2 Å². The molecule has 0 aromatic heterocycles. The van der Waals surface area contributed by atoms with E-state index in [1.807, 2.05) is 0 Å². The van der Waals surface area contributed by atoms with Crippen LogP contribution in [0.15, 0.2) is 22.7 Å². The lowest BCUT2D eigenvalue weighted by molar-refractivity contribution is 0.453. The predicted octanol–water partition coefficient (Wildman–Crippen LogP) is 3.72. The van der Waals surface area contributed by atoms with Crippen molar-refractivity contribution in [3.05, 3.63) is 28.2 Å². The molecule has 0 saturated carbocycles. The van der Waals surface area contributed by atoms with E-state index in [1.165, 1.54) is 22.1 Å². The smallest absolute Gasteiger partial charge is 0.0382 e. The fourth-order valence-corrected chi connectivity index (χ4v) is 2.92. The highest BCUT2D eigenvalue weighted by Gasteiger charge is 2.30. The van der Waals surface area contributed by atoms with Crippen LogP contribution in [-0.2, 0) is 0 Å². The standard InChI is InChI=1S/C15H23BrN2/c1-11-5-6-13(9-14(11)16)18-10-12(2)17-8-7-15(18,3)4/h5-6,9,12,17H,7-8,10H2,1-4H3. The van der Waals surface area contributed by atoms with E-state index >= 15 is 0 Å². The number of halogens is 1. The zero-order valence-corrected chi connectivity index (χ0v) is 13.3. The molecule has 3 heteroatoms. The summed E-state index contributed by atoms with van der Waals surface area (Å²) >= 11 is 3.64. The second-order valence-electron chi connectivity index (χ2n) is 5.96. The molecule has 1 aliphatic heterocycles. The van der Waals surface area contributed by atoms with Crippen LogP contribution in [0.3, 0.4) is 0 Å². The van der Waals surface area contributed by atoms with Gasteiger partial charge in [0.05, 0.1) is 0 Å². The van der Waals surface area contributed by atoms with Crippen LogP contribution in [0.5, 0.6) is 0 Å². The number of rotatable bonds is 1. The van der Waals surface area contributed by atoms with Crippen molar-refractivity contribution in [3.8, 4) is 0 Å². The van der Waals surface area contributed by atoms with Gasteiger partial charge in [0.2, 0.25) is 0 Å². The highest BCUT2D eigenvalue weighted by molar-refractivity contribution is 9.10. The van der Waals surface area contributed by atoms with E-state index in [9.17, 15) is 0 Å². The molecule has 1 N–H and O–H groups in total. The number of hydrogen-bond donors (Lipinski definition) is 1. The first-order valence-corrected chi connectivity index (χ1v) is 7.46. The normalized spacial score (nSPS) is 23.8. The first-order chi connectivity index (χ1) is 8.40. The molecular formula is C15H23BrN2. The number of nitrogens with zero attached hydrogens (tertiary/aromatic N) is 1. The topological polar surface area (TPSA) is 15.3 Å². The van der Waals surface area contributed by atoms with Gasteiger partial charge in [0.15, 0.2) is 0 Å². The number of hydrogen-bond acceptors (Lipinski definition) is 2. The molecule has 0 aliphatic carbocycles. The van der Waals surface area contributed by atoms with Crippen LogP contribution >= 0.6 is 15.9 Å². The quantitative estimate of drug-likeness (QED) is 0.850. The third kappa shape index (κ3) is 2.89. The highest BCUT2D eigenvalue weighted by atomic mass is 79.9. The summed E-state index contributed by atoms with van der Waals surface area (Å²) in [6.07, 6.45) is 1.17. The summed E-state index contributed by atoms with van der Waals surface area (Å²) in [4.78, 5) is 2.53. The van der Waals surface area contributed by atoms with E-state index in [2.05, 4.69) is 72.0 Å². The van der Waals surface area contributed by atoms with Crippen LogP contribution in [0.1, 0.15) is 32.8 Å². The highest BCUT2D eigenvalue weighted by Crippen LogP contribution is 2.31. The molecule has 0 amide bonds. The molecule has 1 aliphatic rings. The molecule has 1 unspecified atom stereocenters. The Kier molecular flexibility index (Phi) is 4.02. The van der Waals surface area contributed by atoms with Gasteiger partial charge < -0.3 is 10.2 Å². The summed E-state index contributed by atoms with van der Waals surface area (Å²) in [5.41, 5.74) is 2.80. The lowest BCUT2D eigenvalue weighted by Gasteiger charge is -2.39. The summed E-state index contributed by atoms with van der Waals surface area (Å²) in [7, 11) is 0. The van der Waals surface area contributed by atoms with Crippen molar-refractivity contribution in [1.82, 2.24) is 5.32 Å². The average molecular weight is 311 g/mol. The first kappa shape index (κ1) is 13.9. The van der Waals surface area contributed by atoms with Crippen LogP contribution in [-0.4, -0.2) is 24.7 Å². The molecule has 1 saturated heterocycles. The molecule has 2 rings (SSSR count). The van der Waals surface area contributed by atoms with Crippen molar-refractivity contribution in [1.29, 1.82) is 0 Å². The van der Waals surface area contributed by atoms with E-state index in [4.69, 9.17) is 0 Å². The zero-order chi connectivity index (χ0) is 13.3. The Labute approximate surface area is 119 Å². The van der Waals surface area contributed by atoms with Gasteiger partial charge in [-0.05, 0) is 58.4 Å². The maximum atomic E-state index is 3.64. The Morgan fingerprint density at radius 3 is 2.78 bits per heavy atom. The molecule has 1 aromatic carbocycles. The molecule has 100 valence electrons. The molecule has 0 bridgehead atoms. The second kappa shape index (κ2) is 5.22. The summed E-state index contributed by atoms with van der Waals surface area (Å²) in [6, 6.07) is 7.21. The lowest BCUT2D eigenvalue weighted by atomic mass is 9.97. The molecule has 18 heavy (non-hydrogen) atoms. The minimum Gasteiger partial charge on any atom is -0.365 e. The van der Waals surface area contributed by atoms with Crippen molar-refractivity contribution in [3.63, 3.8) is 0 Å². The van der Waals surface area contributed by atoms with Crippen molar-refractivity contribution in [2.24, 2.45) is 0 Å². The van der Waals surface area contributed by atoms with Gasteiger partial charge in [-0.3, -0.25) is 0 Å². The summed E-state index contributed by atoms with van der Waals surface area (Å²) in [5.74, 6) is 0. The maximum absolute atomic E-state index is 3.64. The summed E-state index contributed by atoms with van der Waals surface area (Å²) < 4.78 is 1.20. The molecular weight excluding hydrogens is 288 g/mol. The Morgan fingerprint density at radius 1 is 1.39 bits per heavy atom. The van der Waals surface area contributed by atoms with Gasteiger partial charge in [0.25, 0.3) is 0 Å². The van der Waals surface area contributed by atoms with Crippen LogP contribution in [0.25, 0.3) is 0 Å². The minimum atomic E-state index is 0.201. The predicted molar refractivity (Wildman–Crippen MR) is 82.4 cm³/mol. The van der Waals surface area contributed by atoms with E-state index in [0.717, 1.165) is 13.1 Å². The largest absolute Gasteiger partial charge is 0.365 e. The van der Waals surface area contributed by atoms with Crippen molar-refractivity contribution in [2.45, 2.75) is 45.7 Å². The Bertz CT molecular complexity index is 429. The maximum Gasteiger partial charge on any atom is 0.0382 e. The number of aryl methyl sites for hydroxylation is 1. The van der Waals surface area contributed by atoms with Crippen LogP contribution in [0, 0.1) is 6.92 Å². The number of benzene rings is 1. The van der Waals surface area contributed by atoms with Gasteiger partial charge in [-0.1, -0.05) is 22.0 Å². The van der Waals surface area contributed by atoms with Crippen molar-refractivity contribution in [2.75, 3.05) is 18.0 Å². The molecule has 1 aromatic rings. The number of anilines is 1. The van der Waals surface area contributed by atoms with Gasteiger partial charge in [-0.15, -0.1) is 0 Å². The SMILES string of the molecule is Cc1ccc(N2CC(C)NCCC2(C)C)cc1Br. The van der Waals surface area contributed by atoms with Crippen LogP contribution in [0.2, 0.25) is 0 Å². The van der Waals surface area contributed by atoms with Gasteiger partial charge in [-0.2, -0.15) is 0 Å². The monoisotopic (exact) mass is 310 g/mol. The van der Waals surface area contributed by atoms with Gasteiger partial charge in [-0.25, -0.2) is 0 Å². The third-order valence-corrected chi connectivity index (χ3v) is 4.74. The Morgan fingerprint density at radius 2 is 2.11 bits per heavy atom. The number of nitrogens with one attached hydrogen (secondary N) is 1.